The van der Waals surface area contributed by atoms with Crippen molar-refractivity contribution in [1.82, 2.24) is 24.6 Å². The van der Waals surface area contributed by atoms with Gasteiger partial charge >= 0.3 is 0 Å². The third kappa shape index (κ3) is 3.91. The molecule has 1 saturated heterocycles. The zero-order valence-electron chi connectivity index (χ0n) is 16.5. The molecule has 1 fully saturated rings. The van der Waals surface area contributed by atoms with Crippen LogP contribution in [-0.2, 0) is 0 Å². The molecule has 4 rings (SSSR count). The van der Waals surface area contributed by atoms with Crippen molar-refractivity contribution >= 4 is 11.8 Å². The van der Waals surface area contributed by atoms with Crippen LogP contribution in [0.1, 0.15) is 38.7 Å². The second-order valence-electron chi connectivity index (χ2n) is 7.18. The Morgan fingerprint density at radius 2 is 1.62 bits per heavy atom. The van der Waals surface area contributed by atoms with E-state index in [9.17, 15) is 9.59 Å². The van der Waals surface area contributed by atoms with Crippen LogP contribution in [0.5, 0.6) is 0 Å². The molecule has 0 spiro atoms. The maximum absolute atomic E-state index is 13.0. The molecule has 29 heavy (non-hydrogen) atoms. The Morgan fingerprint density at radius 1 is 0.931 bits per heavy atom. The van der Waals surface area contributed by atoms with Crippen molar-refractivity contribution < 1.29 is 14.0 Å². The van der Waals surface area contributed by atoms with E-state index in [1.807, 2.05) is 36.1 Å². The summed E-state index contributed by atoms with van der Waals surface area (Å²) in [5.74, 6) is 1.29. The molecule has 3 aromatic rings. The zero-order valence-corrected chi connectivity index (χ0v) is 16.5. The quantitative estimate of drug-likeness (QED) is 0.682. The largest absolute Gasteiger partial charge is 0.466 e. The van der Waals surface area contributed by atoms with Crippen LogP contribution in [0.25, 0.3) is 5.69 Å². The SMILES string of the molecule is Cc1cc(C(=O)N2CCCN(C(=O)c3cccc(-n4cnnc4)c3)CC2)c(C)o1. The van der Waals surface area contributed by atoms with Gasteiger partial charge in [-0.3, -0.25) is 14.2 Å². The van der Waals surface area contributed by atoms with E-state index in [4.69, 9.17) is 4.42 Å². The highest BCUT2D eigenvalue weighted by Crippen LogP contribution is 2.18. The number of carbonyl (C=O) groups is 2. The van der Waals surface area contributed by atoms with Crippen molar-refractivity contribution in [3.63, 3.8) is 0 Å². The van der Waals surface area contributed by atoms with Crippen LogP contribution in [0, 0.1) is 13.8 Å². The minimum absolute atomic E-state index is 0.0374. The van der Waals surface area contributed by atoms with Crippen molar-refractivity contribution in [2.24, 2.45) is 0 Å². The Balaban J connectivity index is 1.46. The highest BCUT2D eigenvalue weighted by Gasteiger charge is 2.25. The molecule has 0 aliphatic carbocycles. The zero-order chi connectivity index (χ0) is 20.4. The standard InChI is InChI=1S/C21H23N5O3/c1-15-11-19(16(2)29-15)21(28)25-8-4-7-24(9-10-25)20(27)17-5-3-6-18(12-17)26-13-22-23-14-26/h3,5-6,11-14H,4,7-10H2,1-2H3. The van der Waals surface area contributed by atoms with E-state index < -0.39 is 0 Å². The summed E-state index contributed by atoms with van der Waals surface area (Å²) in [4.78, 5) is 29.5. The number of hydrogen-bond acceptors (Lipinski definition) is 5. The van der Waals surface area contributed by atoms with Gasteiger partial charge in [-0.25, -0.2) is 0 Å². The molecular formula is C21H23N5O3. The van der Waals surface area contributed by atoms with Crippen LogP contribution in [0.3, 0.4) is 0 Å². The van der Waals surface area contributed by atoms with E-state index in [0.717, 1.165) is 17.9 Å². The number of aryl methyl sites for hydroxylation is 2. The number of amides is 2. The van der Waals surface area contributed by atoms with E-state index in [0.29, 0.717) is 43.1 Å². The molecule has 150 valence electrons. The molecule has 8 nitrogen and oxygen atoms in total. The first-order chi connectivity index (χ1) is 14.0. The van der Waals surface area contributed by atoms with Crippen molar-refractivity contribution in [3.8, 4) is 5.69 Å². The second kappa shape index (κ2) is 7.90. The summed E-state index contributed by atoms with van der Waals surface area (Å²) in [5, 5.41) is 7.61. The Labute approximate surface area is 168 Å². The van der Waals surface area contributed by atoms with Gasteiger partial charge in [-0.15, -0.1) is 10.2 Å². The average molecular weight is 393 g/mol. The number of hydrogen-bond donors (Lipinski definition) is 0. The molecule has 0 N–H and O–H groups in total. The topological polar surface area (TPSA) is 84.5 Å². The summed E-state index contributed by atoms with van der Waals surface area (Å²) < 4.78 is 7.25. The number of carbonyl (C=O) groups excluding carboxylic acids is 2. The van der Waals surface area contributed by atoms with Crippen molar-refractivity contribution in [2.45, 2.75) is 20.3 Å². The number of furan rings is 1. The summed E-state index contributed by atoms with van der Waals surface area (Å²) in [6, 6.07) is 9.17. The predicted molar refractivity (Wildman–Crippen MR) is 106 cm³/mol. The highest BCUT2D eigenvalue weighted by molar-refractivity contribution is 5.96. The normalized spacial score (nSPS) is 14.7. The summed E-state index contributed by atoms with van der Waals surface area (Å²) in [5.41, 5.74) is 2.04. The summed E-state index contributed by atoms with van der Waals surface area (Å²) in [6.45, 7) is 5.86. The maximum Gasteiger partial charge on any atom is 0.257 e. The molecule has 1 aromatic carbocycles. The minimum Gasteiger partial charge on any atom is -0.466 e. The smallest absolute Gasteiger partial charge is 0.257 e. The minimum atomic E-state index is -0.0387. The Bertz CT molecular complexity index is 1020. The van der Waals surface area contributed by atoms with Gasteiger partial charge in [0.25, 0.3) is 11.8 Å². The molecule has 0 radical (unpaired) electrons. The lowest BCUT2D eigenvalue weighted by atomic mass is 10.1. The maximum atomic E-state index is 13.0. The van der Waals surface area contributed by atoms with Gasteiger partial charge in [-0.2, -0.15) is 0 Å². The lowest BCUT2D eigenvalue weighted by Crippen LogP contribution is -2.37. The van der Waals surface area contributed by atoms with Crippen LogP contribution in [0.15, 0.2) is 47.4 Å². The lowest BCUT2D eigenvalue weighted by molar-refractivity contribution is 0.0717. The van der Waals surface area contributed by atoms with E-state index in [1.165, 1.54) is 0 Å². The first kappa shape index (κ1) is 18.9. The summed E-state index contributed by atoms with van der Waals surface area (Å²) in [6.07, 6.45) is 3.93. The number of aromatic nitrogens is 3. The van der Waals surface area contributed by atoms with E-state index in [1.54, 1.807) is 35.1 Å². The predicted octanol–water partition coefficient (Wildman–Crippen LogP) is 2.47. The van der Waals surface area contributed by atoms with Crippen LogP contribution < -0.4 is 0 Å². The van der Waals surface area contributed by atoms with E-state index >= 15 is 0 Å². The molecule has 2 amide bonds. The van der Waals surface area contributed by atoms with Crippen LogP contribution >= 0.6 is 0 Å². The molecule has 0 saturated carbocycles. The average Bonchev–Trinajstić information content (AvgIpc) is 3.30. The number of nitrogens with zero attached hydrogens (tertiary/aromatic N) is 5. The van der Waals surface area contributed by atoms with Gasteiger partial charge < -0.3 is 14.2 Å². The fourth-order valence-electron chi connectivity index (χ4n) is 3.65. The molecule has 0 bridgehead atoms. The third-order valence-electron chi connectivity index (χ3n) is 5.15. The van der Waals surface area contributed by atoms with Gasteiger partial charge in [-0.05, 0) is 44.5 Å². The first-order valence-electron chi connectivity index (χ1n) is 9.63. The van der Waals surface area contributed by atoms with Gasteiger partial charge in [0.2, 0.25) is 0 Å². The van der Waals surface area contributed by atoms with Gasteiger partial charge in [-0.1, -0.05) is 6.07 Å². The van der Waals surface area contributed by atoms with Gasteiger partial charge in [0.05, 0.1) is 5.56 Å². The third-order valence-corrected chi connectivity index (χ3v) is 5.15. The van der Waals surface area contributed by atoms with Crippen molar-refractivity contribution in [2.75, 3.05) is 26.2 Å². The molecule has 0 unspecified atom stereocenters. The first-order valence-corrected chi connectivity index (χ1v) is 9.63. The Hall–Kier alpha value is -3.42. The molecule has 1 aliphatic rings. The monoisotopic (exact) mass is 393 g/mol. The van der Waals surface area contributed by atoms with E-state index in [-0.39, 0.29) is 11.8 Å². The van der Waals surface area contributed by atoms with E-state index in [2.05, 4.69) is 10.2 Å². The van der Waals surface area contributed by atoms with Crippen LogP contribution in [-0.4, -0.2) is 62.6 Å². The lowest BCUT2D eigenvalue weighted by Gasteiger charge is -2.22. The number of rotatable bonds is 3. The summed E-state index contributed by atoms with van der Waals surface area (Å²) in [7, 11) is 0. The Kier molecular flexibility index (Phi) is 5.16. The summed E-state index contributed by atoms with van der Waals surface area (Å²) >= 11 is 0. The van der Waals surface area contributed by atoms with Crippen molar-refractivity contribution in [1.29, 1.82) is 0 Å². The fourth-order valence-corrected chi connectivity index (χ4v) is 3.65. The molecule has 1 aliphatic heterocycles. The van der Waals surface area contributed by atoms with Gasteiger partial charge in [0.1, 0.15) is 24.2 Å². The highest BCUT2D eigenvalue weighted by atomic mass is 16.3. The molecule has 2 aromatic heterocycles. The molecule has 0 atom stereocenters. The van der Waals surface area contributed by atoms with Crippen LogP contribution in [0.4, 0.5) is 0 Å². The molecule has 8 heteroatoms. The number of benzene rings is 1. The fraction of sp³-hybridized carbons (Fsp3) is 0.333. The molecule has 3 heterocycles. The van der Waals surface area contributed by atoms with Crippen molar-refractivity contribution in [3.05, 3.63) is 65.6 Å². The molecular weight excluding hydrogens is 370 g/mol. The Morgan fingerprint density at radius 3 is 2.28 bits per heavy atom. The van der Waals surface area contributed by atoms with Crippen LogP contribution in [0.2, 0.25) is 0 Å². The van der Waals surface area contributed by atoms with Gasteiger partial charge in [0.15, 0.2) is 0 Å². The van der Waals surface area contributed by atoms with Gasteiger partial charge in [0, 0.05) is 37.4 Å². The second-order valence-corrected chi connectivity index (χ2v) is 7.18.